The summed E-state index contributed by atoms with van der Waals surface area (Å²) in [6, 6.07) is 7.61. The summed E-state index contributed by atoms with van der Waals surface area (Å²) in [6.45, 7) is 5.75. The van der Waals surface area contributed by atoms with E-state index in [1.54, 1.807) is 6.07 Å². The lowest BCUT2D eigenvalue weighted by Crippen LogP contribution is -2.18. The number of aryl methyl sites for hydroxylation is 3. The van der Waals surface area contributed by atoms with Gasteiger partial charge in [-0.3, -0.25) is 15.6 Å². The number of benzene rings is 1. The molecule has 0 bridgehead atoms. The molecule has 5 heteroatoms. The number of rotatable bonds is 3. The molecule has 1 aromatic carbocycles. The van der Waals surface area contributed by atoms with Crippen molar-refractivity contribution < 1.29 is 4.79 Å². The number of nitrogens with one attached hydrogen (secondary N) is 2. The monoisotopic (exact) mass is 270 g/mol. The number of hydrogen-bond donors (Lipinski definition) is 3. The Morgan fingerprint density at radius 2 is 1.85 bits per heavy atom. The average molecular weight is 270 g/mol. The molecule has 2 aromatic rings. The zero-order chi connectivity index (χ0) is 14.7. The fourth-order valence-electron chi connectivity index (χ4n) is 2.05. The Kier molecular flexibility index (Phi) is 4.00. The van der Waals surface area contributed by atoms with E-state index in [-0.39, 0.29) is 5.91 Å². The quantitative estimate of drug-likeness (QED) is 0.591. The Balaban J connectivity index is 2.33. The molecular weight excluding hydrogens is 252 g/mol. The number of pyridine rings is 1. The second-order valence-electron chi connectivity index (χ2n) is 4.74. The third-order valence-electron chi connectivity index (χ3n) is 3.16. The Labute approximate surface area is 118 Å². The van der Waals surface area contributed by atoms with Gasteiger partial charge in [0.05, 0.1) is 11.3 Å². The maximum Gasteiger partial charge on any atom is 0.259 e. The highest BCUT2D eigenvalue weighted by atomic mass is 16.1. The minimum Gasteiger partial charge on any atom is -0.323 e. The van der Waals surface area contributed by atoms with Crippen LogP contribution in [0.3, 0.4) is 0 Å². The van der Waals surface area contributed by atoms with E-state index in [4.69, 9.17) is 5.84 Å². The normalized spacial score (nSPS) is 10.2. The Morgan fingerprint density at radius 3 is 2.45 bits per heavy atom. The van der Waals surface area contributed by atoms with E-state index in [0.717, 1.165) is 22.5 Å². The second kappa shape index (κ2) is 5.71. The largest absolute Gasteiger partial charge is 0.323 e. The molecule has 0 radical (unpaired) electrons. The highest BCUT2D eigenvalue weighted by Gasteiger charge is 2.14. The maximum absolute atomic E-state index is 12.4. The minimum atomic E-state index is -0.233. The van der Waals surface area contributed by atoms with Crippen molar-refractivity contribution in [3.8, 4) is 0 Å². The number of anilines is 2. The molecule has 0 aliphatic carbocycles. The minimum absolute atomic E-state index is 0.233. The number of para-hydroxylation sites is 1. The van der Waals surface area contributed by atoms with Gasteiger partial charge in [-0.15, -0.1) is 0 Å². The zero-order valence-electron chi connectivity index (χ0n) is 11.8. The smallest absolute Gasteiger partial charge is 0.259 e. The summed E-state index contributed by atoms with van der Waals surface area (Å²) in [5.74, 6) is 5.22. The highest BCUT2D eigenvalue weighted by Crippen LogP contribution is 2.22. The zero-order valence-corrected chi connectivity index (χ0v) is 11.8. The van der Waals surface area contributed by atoms with Crippen molar-refractivity contribution in [3.05, 3.63) is 52.8 Å². The third kappa shape index (κ3) is 2.78. The van der Waals surface area contributed by atoms with Crippen LogP contribution in [-0.4, -0.2) is 10.9 Å². The lowest BCUT2D eigenvalue weighted by Gasteiger charge is -2.13. The SMILES string of the molecule is Cc1cc(NN)c(C(=O)Nc2c(C)cccc2C)cn1. The van der Waals surface area contributed by atoms with Gasteiger partial charge in [0.1, 0.15) is 0 Å². The molecule has 1 heterocycles. The summed E-state index contributed by atoms with van der Waals surface area (Å²) >= 11 is 0. The van der Waals surface area contributed by atoms with Gasteiger partial charge in [-0.2, -0.15) is 0 Å². The van der Waals surface area contributed by atoms with Gasteiger partial charge < -0.3 is 10.7 Å². The summed E-state index contributed by atoms with van der Waals surface area (Å²) in [4.78, 5) is 16.5. The van der Waals surface area contributed by atoms with Crippen LogP contribution in [-0.2, 0) is 0 Å². The van der Waals surface area contributed by atoms with Gasteiger partial charge in [-0.1, -0.05) is 18.2 Å². The number of carbonyl (C=O) groups is 1. The van der Waals surface area contributed by atoms with Crippen LogP contribution in [0.2, 0.25) is 0 Å². The third-order valence-corrected chi connectivity index (χ3v) is 3.16. The predicted octanol–water partition coefficient (Wildman–Crippen LogP) is 2.54. The number of nitrogen functional groups attached to an aromatic ring is 1. The Hall–Kier alpha value is -2.40. The maximum atomic E-state index is 12.4. The lowest BCUT2D eigenvalue weighted by molar-refractivity contribution is 0.102. The summed E-state index contributed by atoms with van der Waals surface area (Å²) in [7, 11) is 0. The molecule has 0 aliphatic heterocycles. The van der Waals surface area contributed by atoms with Crippen LogP contribution in [0.15, 0.2) is 30.5 Å². The molecule has 1 amide bonds. The van der Waals surface area contributed by atoms with Crippen LogP contribution in [0.5, 0.6) is 0 Å². The Morgan fingerprint density at radius 1 is 1.20 bits per heavy atom. The van der Waals surface area contributed by atoms with Crippen molar-refractivity contribution in [1.82, 2.24) is 4.98 Å². The van der Waals surface area contributed by atoms with Crippen molar-refractivity contribution in [2.75, 3.05) is 10.7 Å². The van der Waals surface area contributed by atoms with Gasteiger partial charge in [-0.05, 0) is 38.0 Å². The van der Waals surface area contributed by atoms with Crippen LogP contribution in [0.25, 0.3) is 0 Å². The van der Waals surface area contributed by atoms with Crippen LogP contribution in [0.1, 0.15) is 27.2 Å². The second-order valence-corrected chi connectivity index (χ2v) is 4.74. The van der Waals surface area contributed by atoms with Gasteiger partial charge in [-0.25, -0.2) is 0 Å². The first-order valence-corrected chi connectivity index (χ1v) is 6.33. The average Bonchev–Trinajstić information content (AvgIpc) is 2.42. The fourth-order valence-corrected chi connectivity index (χ4v) is 2.05. The fraction of sp³-hybridized carbons (Fsp3) is 0.200. The van der Waals surface area contributed by atoms with Gasteiger partial charge in [0.2, 0.25) is 0 Å². The molecular formula is C15H18N4O. The van der Waals surface area contributed by atoms with Crippen molar-refractivity contribution in [2.45, 2.75) is 20.8 Å². The molecule has 104 valence electrons. The van der Waals surface area contributed by atoms with Crippen LogP contribution in [0.4, 0.5) is 11.4 Å². The molecule has 0 saturated carbocycles. The number of nitrogens with zero attached hydrogens (tertiary/aromatic N) is 1. The van der Waals surface area contributed by atoms with E-state index in [1.807, 2.05) is 39.0 Å². The molecule has 2 rings (SSSR count). The van der Waals surface area contributed by atoms with Crippen LogP contribution >= 0.6 is 0 Å². The lowest BCUT2D eigenvalue weighted by atomic mass is 10.1. The standard InChI is InChI=1S/C15H18N4O/c1-9-5-4-6-10(2)14(9)18-15(20)12-8-17-11(3)7-13(12)19-16/h4-8H,16H2,1-3H3,(H,17,19)(H,18,20). The number of aromatic nitrogens is 1. The molecule has 0 saturated heterocycles. The first-order chi connectivity index (χ1) is 9.52. The van der Waals surface area contributed by atoms with E-state index in [0.29, 0.717) is 11.3 Å². The van der Waals surface area contributed by atoms with Gasteiger partial charge in [0, 0.05) is 17.6 Å². The van der Waals surface area contributed by atoms with Gasteiger partial charge in [0.25, 0.3) is 5.91 Å². The highest BCUT2D eigenvalue weighted by molar-refractivity contribution is 6.08. The van der Waals surface area contributed by atoms with E-state index < -0.39 is 0 Å². The van der Waals surface area contributed by atoms with Crippen molar-refractivity contribution in [1.29, 1.82) is 0 Å². The first-order valence-electron chi connectivity index (χ1n) is 6.33. The number of amides is 1. The molecule has 0 spiro atoms. The summed E-state index contributed by atoms with van der Waals surface area (Å²) in [5, 5.41) is 2.91. The van der Waals surface area contributed by atoms with E-state index in [1.165, 1.54) is 6.20 Å². The number of hydrogen-bond acceptors (Lipinski definition) is 4. The van der Waals surface area contributed by atoms with Crippen molar-refractivity contribution >= 4 is 17.3 Å². The van der Waals surface area contributed by atoms with Crippen LogP contribution in [0, 0.1) is 20.8 Å². The first kappa shape index (κ1) is 14.0. The van der Waals surface area contributed by atoms with Gasteiger partial charge in [0.15, 0.2) is 0 Å². The summed E-state index contributed by atoms with van der Waals surface area (Å²) < 4.78 is 0. The number of hydrazine groups is 1. The van der Waals surface area contributed by atoms with Crippen LogP contribution < -0.4 is 16.6 Å². The van der Waals surface area contributed by atoms with Crippen molar-refractivity contribution in [2.24, 2.45) is 5.84 Å². The van der Waals surface area contributed by atoms with E-state index in [9.17, 15) is 4.79 Å². The van der Waals surface area contributed by atoms with Crippen molar-refractivity contribution in [3.63, 3.8) is 0 Å². The molecule has 0 unspecified atom stereocenters. The molecule has 0 atom stereocenters. The molecule has 1 aromatic heterocycles. The molecule has 20 heavy (non-hydrogen) atoms. The Bertz CT molecular complexity index is 632. The molecule has 0 fully saturated rings. The predicted molar refractivity (Wildman–Crippen MR) is 80.7 cm³/mol. The number of carbonyl (C=O) groups excluding carboxylic acids is 1. The number of nitrogens with two attached hydrogens (primary N) is 1. The topological polar surface area (TPSA) is 80.0 Å². The van der Waals surface area contributed by atoms with E-state index in [2.05, 4.69) is 15.7 Å². The summed E-state index contributed by atoms with van der Waals surface area (Å²) in [6.07, 6.45) is 1.52. The molecule has 0 aliphatic rings. The molecule has 4 N–H and O–H groups in total. The van der Waals surface area contributed by atoms with Gasteiger partial charge >= 0.3 is 0 Å². The summed E-state index contributed by atoms with van der Waals surface area (Å²) in [5.41, 5.74) is 7.15. The van der Waals surface area contributed by atoms with E-state index >= 15 is 0 Å². The molecule has 5 nitrogen and oxygen atoms in total.